The van der Waals surface area contributed by atoms with Crippen molar-refractivity contribution in [3.8, 4) is 0 Å². The second-order valence-electron chi connectivity index (χ2n) is 5.81. The molecule has 0 saturated heterocycles. The van der Waals surface area contributed by atoms with Crippen molar-refractivity contribution < 1.29 is 9.18 Å². The standard InChI is InChI=1S/C18H17ClFN7O/c1-4-16(28)23-11-5-6-14(20)15(7-11)27(3)17-13(19)9-21-18(25-17)24-12-8-22-26(2)10-12/h4-10H,1H2,2-3H3,(H,23,28)(H,21,24,25). The molecule has 3 rings (SSSR count). The number of hydrogen-bond donors (Lipinski definition) is 2. The smallest absolute Gasteiger partial charge is 0.247 e. The van der Waals surface area contributed by atoms with Gasteiger partial charge in [0.15, 0.2) is 5.82 Å². The molecule has 0 fully saturated rings. The molecule has 3 aromatic rings. The molecule has 0 atom stereocenters. The fraction of sp³-hybridized carbons (Fsp3) is 0.111. The van der Waals surface area contributed by atoms with E-state index in [1.54, 1.807) is 31.2 Å². The first kappa shape index (κ1) is 19.3. The average molecular weight is 402 g/mol. The lowest BCUT2D eigenvalue weighted by molar-refractivity contribution is -0.111. The third-order valence-electron chi connectivity index (χ3n) is 3.76. The normalized spacial score (nSPS) is 10.4. The molecule has 8 nitrogen and oxygen atoms in total. The molecule has 2 heterocycles. The topological polar surface area (TPSA) is 88.0 Å². The third kappa shape index (κ3) is 4.26. The van der Waals surface area contributed by atoms with Crippen molar-refractivity contribution in [2.75, 3.05) is 22.6 Å². The highest BCUT2D eigenvalue weighted by Gasteiger charge is 2.17. The Morgan fingerprint density at radius 3 is 2.82 bits per heavy atom. The predicted molar refractivity (Wildman–Crippen MR) is 107 cm³/mol. The van der Waals surface area contributed by atoms with E-state index in [0.29, 0.717) is 11.4 Å². The summed E-state index contributed by atoms with van der Waals surface area (Å²) in [6, 6.07) is 4.17. The number of carbonyl (C=O) groups excluding carboxylic acids is 1. The van der Waals surface area contributed by atoms with Gasteiger partial charge in [-0.1, -0.05) is 18.2 Å². The Balaban J connectivity index is 1.92. The van der Waals surface area contributed by atoms with Crippen molar-refractivity contribution in [1.29, 1.82) is 0 Å². The lowest BCUT2D eigenvalue weighted by Crippen LogP contribution is -2.15. The Kier molecular flexibility index (Phi) is 5.55. The summed E-state index contributed by atoms with van der Waals surface area (Å²) in [6.07, 6.45) is 5.92. The van der Waals surface area contributed by atoms with E-state index in [1.165, 1.54) is 29.3 Å². The number of anilines is 5. The highest BCUT2D eigenvalue weighted by molar-refractivity contribution is 6.33. The summed E-state index contributed by atoms with van der Waals surface area (Å²) < 4.78 is 16.0. The number of nitrogens with one attached hydrogen (secondary N) is 2. The second-order valence-corrected chi connectivity index (χ2v) is 6.22. The Morgan fingerprint density at radius 2 is 2.14 bits per heavy atom. The molecule has 28 heavy (non-hydrogen) atoms. The maximum atomic E-state index is 14.4. The lowest BCUT2D eigenvalue weighted by atomic mass is 10.2. The van der Waals surface area contributed by atoms with Gasteiger partial charge < -0.3 is 15.5 Å². The van der Waals surface area contributed by atoms with Gasteiger partial charge >= 0.3 is 0 Å². The SMILES string of the molecule is C=CC(=O)Nc1ccc(F)c(N(C)c2nc(Nc3cnn(C)c3)ncc2Cl)c1. The molecule has 1 aromatic carbocycles. The summed E-state index contributed by atoms with van der Waals surface area (Å²) in [4.78, 5) is 21.5. The Labute approximate surface area is 165 Å². The molecule has 144 valence electrons. The summed E-state index contributed by atoms with van der Waals surface area (Å²) in [7, 11) is 3.40. The molecular formula is C18H17ClFN7O. The zero-order chi connectivity index (χ0) is 20.3. The number of carbonyl (C=O) groups is 1. The van der Waals surface area contributed by atoms with Crippen molar-refractivity contribution in [2.24, 2.45) is 7.05 Å². The fourth-order valence-corrected chi connectivity index (χ4v) is 2.64. The zero-order valence-corrected chi connectivity index (χ0v) is 15.9. The number of benzene rings is 1. The molecule has 0 radical (unpaired) electrons. The molecule has 0 bridgehead atoms. The molecule has 0 spiro atoms. The van der Waals surface area contributed by atoms with Crippen LogP contribution in [-0.2, 0) is 11.8 Å². The molecule has 0 unspecified atom stereocenters. The van der Waals surface area contributed by atoms with Crippen LogP contribution in [0.2, 0.25) is 5.02 Å². The van der Waals surface area contributed by atoms with E-state index >= 15 is 0 Å². The van der Waals surface area contributed by atoms with Crippen LogP contribution in [0.1, 0.15) is 0 Å². The van der Waals surface area contributed by atoms with Crippen LogP contribution in [0.4, 0.5) is 33.2 Å². The Morgan fingerprint density at radius 1 is 1.36 bits per heavy atom. The molecule has 0 aliphatic carbocycles. The van der Waals surface area contributed by atoms with Crippen LogP contribution < -0.4 is 15.5 Å². The molecule has 1 amide bonds. The highest BCUT2D eigenvalue weighted by atomic mass is 35.5. The number of nitrogens with zero attached hydrogens (tertiary/aromatic N) is 5. The van der Waals surface area contributed by atoms with Crippen molar-refractivity contribution in [2.45, 2.75) is 0 Å². The van der Waals surface area contributed by atoms with E-state index in [9.17, 15) is 9.18 Å². The van der Waals surface area contributed by atoms with Crippen LogP contribution in [0.5, 0.6) is 0 Å². The van der Waals surface area contributed by atoms with Crippen LogP contribution in [0.3, 0.4) is 0 Å². The van der Waals surface area contributed by atoms with E-state index in [4.69, 9.17) is 11.6 Å². The number of halogens is 2. The molecule has 0 aliphatic rings. The van der Waals surface area contributed by atoms with Gasteiger partial charge in [-0.3, -0.25) is 9.48 Å². The van der Waals surface area contributed by atoms with Crippen molar-refractivity contribution >= 4 is 46.3 Å². The van der Waals surface area contributed by atoms with Crippen LogP contribution in [0.25, 0.3) is 0 Å². The average Bonchev–Trinajstić information content (AvgIpc) is 3.08. The van der Waals surface area contributed by atoms with Gasteiger partial charge in [0.2, 0.25) is 11.9 Å². The van der Waals surface area contributed by atoms with Crippen LogP contribution in [0.15, 0.2) is 49.4 Å². The summed E-state index contributed by atoms with van der Waals surface area (Å²) in [5, 5.41) is 9.89. The Bertz CT molecular complexity index is 1040. The van der Waals surface area contributed by atoms with Crippen LogP contribution in [0, 0.1) is 5.82 Å². The summed E-state index contributed by atoms with van der Waals surface area (Å²) in [6.45, 7) is 3.39. The number of amides is 1. The molecular weight excluding hydrogens is 385 g/mol. The van der Waals surface area contributed by atoms with Gasteiger partial charge in [-0.15, -0.1) is 0 Å². The van der Waals surface area contributed by atoms with E-state index in [-0.39, 0.29) is 22.5 Å². The summed E-state index contributed by atoms with van der Waals surface area (Å²) in [5.74, 6) is -0.344. The number of rotatable bonds is 6. The molecule has 2 N–H and O–H groups in total. The van der Waals surface area contributed by atoms with Gasteiger partial charge in [-0.05, 0) is 24.3 Å². The first-order valence-corrected chi connectivity index (χ1v) is 8.50. The number of aryl methyl sites for hydroxylation is 1. The van der Waals surface area contributed by atoms with Crippen LogP contribution in [-0.4, -0.2) is 32.7 Å². The van der Waals surface area contributed by atoms with E-state index in [0.717, 1.165) is 6.08 Å². The minimum absolute atomic E-state index is 0.176. The summed E-state index contributed by atoms with van der Waals surface area (Å²) in [5.41, 5.74) is 1.28. The van der Waals surface area contributed by atoms with Gasteiger partial charge in [-0.2, -0.15) is 10.1 Å². The summed E-state index contributed by atoms with van der Waals surface area (Å²) >= 11 is 6.23. The fourth-order valence-electron chi connectivity index (χ4n) is 2.42. The van der Waals surface area contributed by atoms with Gasteiger partial charge in [0, 0.05) is 26.0 Å². The van der Waals surface area contributed by atoms with E-state index in [1.807, 2.05) is 0 Å². The largest absolute Gasteiger partial charge is 0.326 e. The van der Waals surface area contributed by atoms with Gasteiger partial charge in [0.1, 0.15) is 10.8 Å². The van der Waals surface area contributed by atoms with Gasteiger partial charge in [0.25, 0.3) is 0 Å². The van der Waals surface area contributed by atoms with Crippen molar-refractivity contribution in [1.82, 2.24) is 19.7 Å². The molecule has 10 heteroatoms. The number of hydrogen-bond acceptors (Lipinski definition) is 6. The maximum Gasteiger partial charge on any atom is 0.247 e. The van der Waals surface area contributed by atoms with E-state index in [2.05, 4.69) is 32.3 Å². The maximum absolute atomic E-state index is 14.4. The lowest BCUT2D eigenvalue weighted by Gasteiger charge is -2.21. The van der Waals surface area contributed by atoms with Gasteiger partial charge in [-0.25, -0.2) is 9.37 Å². The molecule has 0 aliphatic heterocycles. The highest BCUT2D eigenvalue weighted by Crippen LogP contribution is 2.32. The minimum atomic E-state index is -0.504. The Hall–Kier alpha value is -3.46. The monoisotopic (exact) mass is 401 g/mol. The number of aromatic nitrogens is 4. The van der Waals surface area contributed by atoms with Crippen molar-refractivity contribution in [3.63, 3.8) is 0 Å². The first-order chi connectivity index (χ1) is 13.4. The van der Waals surface area contributed by atoms with Crippen molar-refractivity contribution in [3.05, 3.63) is 60.3 Å². The zero-order valence-electron chi connectivity index (χ0n) is 15.1. The van der Waals surface area contributed by atoms with E-state index < -0.39 is 11.7 Å². The third-order valence-corrected chi connectivity index (χ3v) is 4.03. The quantitative estimate of drug-likeness (QED) is 0.613. The van der Waals surface area contributed by atoms with Crippen LogP contribution >= 0.6 is 11.6 Å². The molecule has 2 aromatic heterocycles. The molecule has 0 saturated carbocycles. The van der Waals surface area contributed by atoms with Gasteiger partial charge in [0.05, 0.1) is 23.8 Å². The predicted octanol–water partition coefficient (Wildman–Crippen LogP) is 3.64. The minimum Gasteiger partial charge on any atom is -0.326 e. The second kappa shape index (κ2) is 8.05. The first-order valence-electron chi connectivity index (χ1n) is 8.12.